The van der Waals surface area contributed by atoms with Gasteiger partial charge in [0.15, 0.2) is 0 Å². The van der Waals surface area contributed by atoms with Crippen molar-refractivity contribution >= 4 is 35.6 Å². The molecule has 3 rings (SSSR count). The predicted molar refractivity (Wildman–Crippen MR) is 110 cm³/mol. The quantitative estimate of drug-likeness (QED) is 0.465. The maximum atomic E-state index is 12.4. The zero-order valence-corrected chi connectivity index (χ0v) is 18.4. The van der Waals surface area contributed by atoms with Gasteiger partial charge in [0.2, 0.25) is 0 Å². The van der Waals surface area contributed by atoms with Crippen LogP contribution in [0.4, 0.5) is 20.1 Å². The number of likely N-dealkylation sites (tertiary alicyclic amines) is 1. The molecule has 2 fully saturated rings. The van der Waals surface area contributed by atoms with Gasteiger partial charge in [-0.25, -0.2) is 19.8 Å². The van der Waals surface area contributed by atoms with Crippen molar-refractivity contribution in [3.63, 3.8) is 0 Å². The minimum Gasteiger partial charge on any atom is -0.496 e. The highest BCUT2D eigenvalue weighted by Gasteiger charge is 2.54. The second-order valence-electron chi connectivity index (χ2n) is 8.15. The van der Waals surface area contributed by atoms with Crippen LogP contribution in [0.25, 0.3) is 0 Å². The smallest absolute Gasteiger partial charge is 0.425 e. The molecular formula is C19H25ClN4O7. The minimum atomic E-state index is -1.77. The van der Waals surface area contributed by atoms with Crippen LogP contribution in [0.15, 0.2) is 18.2 Å². The largest absolute Gasteiger partial charge is 0.496 e. The molecule has 2 aliphatic rings. The van der Waals surface area contributed by atoms with Crippen LogP contribution in [0.1, 0.15) is 32.8 Å². The third-order valence-corrected chi connectivity index (χ3v) is 5.18. The topological polar surface area (TPSA) is 130 Å². The maximum Gasteiger partial charge on any atom is 0.425 e. The number of nitrogens with zero attached hydrogens (tertiary/aromatic N) is 2. The maximum absolute atomic E-state index is 12.4. The molecule has 2 atom stereocenters. The number of amides is 3. The van der Waals surface area contributed by atoms with Gasteiger partial charge in [-0.1, -0.05) is 0 Å². The molecule has 170 valence electrons. The van der Waals surface area contributed by atoms with Crippen molar-refractivity contribution in [2.75, 3.05) is 25.5 Å². The molecule has 12 heteroatoms. The number of hydrazine groups is 1. The number of benzene rings is 1. The Morgan fingerprint density at radius 2 is 2.10 bits per heavy atom. The molecule has 0 spiro atoms. The van der Waals surface area contributed by atoms with Crippen LogP contribution in [-0.4, -0.2) is 65.1 Å². The van der Waals surface area contributed by atoms with E-state index in [9.17, 15) is 14.4 Å². The molecule has 2 heterocycles. The van der Waals surface area contributed by atoms with E-state index >= 15 is 0 Å². The summed E-state index contributed by atoms with van der Waals surface area (Å²) in [5.74, 6) is 0.213. The first-order valence-electron chi connectivity index (χ1n) is 9.57. The van der Waals surface area contributed by atoms with Gasteiger partial charge in [0.25, 0.3) is 5.18 Å². The third kappa shape index (κ3) is 4.88. The number of rotatable bonds is 4. The zero-order valence-electron chi connectivity index (χ0n) is 17.6. The number of carbonyl (C=O) groups excluding carboxylic acids is 2. The standard InChI is InChI=1S/C19H25ClN4O7/c1-18(2,3)31-17(28)23-8-7-12(10-23)24-19(20,30-16(27)22-24)13-6-5-11(21-15(25)26)9-14(13)29-4/h5-6,9,12,21H,7-8,10H2,1-4H3,(H,22,27)(H,25,26). The van der Waals surface area contributed by atoms with Crippen LogP contribution in [0.5, 0.6) is 5.75 Å². The molecule has 0 aromatic heterocycles. The van der Waals surface area contributed by atoms with Gasteiger partial charge in [-0.15, -0.1) is 0 Å². The number of halogens is 1. The number of alkyl halides is 1. The summed E-state index contributed by atoms with van der Waals surface area (Å²) in [5.41, 5.74) is 2.51. The molecule has 0 bridgehead atoms. The first-order valence-corrected chi connectivity index (χ1v) is 9.95. The van der Waals surface area contributed by atoms with E-state index in [-0.39, 0.29) is 24.0 Å². The summed E-state index contributed by atoms with van der Waals surface area (Å²) in [4.78, 5) is 37.0. The summed E-state index contributed by atoms with van der Waals surface area (Å²) in [5, 5.41) is 10.8. The summed E-state index contributed by atoms with van der Waals surface area (Å²) in [6.07, 6.45) is -1.94. The van der Waals surface area contributed by atoms with Crippen LogP contribution in [0.3, 0.4) is 0 Å². The van der Waals surface area contributed by atoms with Gasteiger partial charge in [-0.2, -0.15) is 5.01 Å². The van der Waals surface area contributed by atoms with Crippen molar-refractivity contribution in [2.45, 2.75) is 44.0 Å². The monoisotopic (exact) mass is 456 g/mol. The Bertz CT molecular complexity index is 890. The van der Waals surface area contributed by atoms with Crippen LogP contribution in [0, 0.1) is 0 Å². The molecule has 2 unspecified atom stereocenters. The van der Waals surface area contributed by atoms with E-state index in [0.29, 0.717) is 18.5 Å². The molecule has 3 N–H and O–H groups in total. The Kier molecular flexibility index (Phi) is 6.10. The molecule has 2 saturated heterocycles. The van der Waals surface area contributed by atoms with Gasteiger partial charge in [0.05, 0.1) is 18.7 Å². The summed E-state index contributed by atoms with van der Waals surface area (Å²) in [6, 6.07) is 4.05. The average molecular weight is 457 g/mol. The van der Waals surface area contributed by atoms with E-state index in [4.69, 9.17) is 30.9 Å². The van der Waals surface area contributed by atoms with Crippen molar-refractivity contribution in [3.05, 3.63) is 23.8 Å². The summed E-state index contributed by atoms with van der Waals surface area (Å²) < 4.78 is 16.2. The Labute approximate surface area is 184 Å². The van der Waals surface area contributed by atoms with E-state index in [2.05, 4.69) is 10.7 Å². The van der Waals surface area contributed by atoms with Crippen molar-refractivity contribution in [3.8, 4) is 5.75 Å². The van der Waals surface area contributed by atoms with E-state index < -0.39 is 29.1 Å². The van der Waals surface area contributed by atoms with Gasteiger partial charge in [0.1, 0.15) is 11.4 Å². The van der Waals surface area contributed by atoms with Crippen molar-refractivity contribution in [1.82, 2.24) is 15.3 Å². The van der Waals surface area contributed by atoms with Crippen LogP contribution >= 0.6 is 11.6 Å². The normalized spacial score (nSPS) is 23.8. The molecular weight excluding hydrogens is 432 g/mol. The van der Waals surface area contributed by atoms with E-state index in [1.165, 1.54) is 35.2 Å². The van der Waals surface area contributed by atoms with Crippen molar-refractivity contribution in [2.24, 2.45) is 0 Å². The summed E-state index contributed by atoms with van der Waals surface area (Å²) >= 11 is 6.78. The predicted octanol–water partition coefficient (Wildman–Crippen LogP) is 3.10. The summed E-state index contributed by atoms with van der Waals surface area (Å²) in [7, 11) is 1.39. The molecule has 11 nitrogen and oxygen atoms in total. The molecule has 1 aromatic carbocycles. The number of carbonyl (C=O) groups is 3. The molecule has 2 aliphatic heterocycles. The fourth-order valence-electron chi connectivity index (χ4n) is 3.47. The Hall–Kier alpha value is -2.92. The Balaban J connectivity index is 1.85. The molecule has 1 aromatic rings. The van der Waals surface area contributed by atoms with Gasteiger partial charge >= 0.3 is 18.3 Å². The molecule has 0 saturated carbocycles. The number of cyclic esters (lactones) is 1. The Morgan fingerprint density at radius 3 is 2.71 bits per heavy atom. The Morgan fingerprint density at radius 1 is 1.39 bits per heavy atom. The van der Waals surface area contributed by atoms with E-state index in [0.717, 1.165) is 0 Å². The van der Waals surface area contributed by atoms with Crippen LogP contribution in [0.2, 0.25) is 0 Å². The number of ether oxygens (including phenoxy) is 3. The molecule has 3 amide bonds. The second kappa shape index (κ2) is 8.31. The lowest BCUT2D eigenvalue weighted by atomic mass is 10.1. The lowest BCUT2D eigenvalue weighted by Crippen LogP contribution is -2.51. The second-order valence-corrected chi connectivity index (χ2v) is 8.66. The fourth-order valence-corrected chi connectivity index (χ4v) is 3.87. The highest BCUT2D eigenvalue weighted by molar-refractivity contribution is 6.24. The first kappa shape index (κ1) is 22.8. The number of hydrogen-bond donors (Lipinski definition) is 3. The fraction of sp³-hybridized carbons (Fsp3) is 0.526. The van der Waals surface area contributed by atoms with Gasteiger partial charge in [0, 0.05) is 24.8 Å². The summed E-state index contributed by atoms with van der Waals surface area (Å²) in [6.45, 7) is 6.02. The molecule has 31 heavy (non-hydrogen) atoms. The molecule has 0 aliphatic carbocycles. The number of carboxylic acid groups (broad SMARTS) is 1. The lowest BCUT2D eigenvalue weighted by molar-refractivity contribution is -0.0261. The lowest BCUT2D eigenvalue weighted by Gasteiger charge is -2.34. The van der Waals surface area contributed by atoms with Gasteiger partial charge < -0.3 is 24.2 Å². The molecule has 0 radical (unpaired) electrons. The number of hydrogen-bond acceptors (Lipinski definition) is 7. The van der Waals surface area contributed by atoms with Crippen molar-refractivity contribution in [1.29, 1.82) is 0 Å². The number of anilines is 1. The highest BCUT2D eigenvalue weighted by atomic mass is 35.5. The number of methoxy groups -OCH3 is 1. The SMILES string of the molecule is COc1cc(NC(=O)O)ccc1C1(Cl)OC(=O)NN1C1CCN(C(=O)OC(C)(C)C)C1. The van der Waals surface area contributed by atoms with Crippen LogP contribution in [-0.2, 0) is 14.7 Å². The van der Waals surface area contributed by atoms with E-state index in [1.807, 2.05) is 0 Å². The highest BCUT2D eigenvalue weighted by Crippen LogP contribution is 2.44. The van der Waals surface area contributed by atoms with Gasteiger partial charge in [-0.05, 0) is 50.9 Å². The van der Waals surface area contributed by atoms with Crippen LogP contribution < -0.4 is 15.5 Å². The average Bonchev–Trinajstić information content (AvgIpc) is 3.24. The number of nitrogens with one attached hydrogen (secondary N) is 2. The van der Waals surface area contributed by atoms with Crippen molar-refractivity contribution < 1.29 is 33.7 Å². The zero-order chi connectivity index (χ0) is 23.0. The van der Waals surface area contributed by atoms with Gasteiger partial charge in [-0.3, -0.25) is 5.32 Å². The minimum absolute atomic E-state index is 0.213. The first-order chi connectivity index (χ1) is 14.4. The third-order valence-electron chi connectivity index (χ3n) is 4.71. The van der Waals surface area contributed by atoms with E-state index in [1.54, 1.807) is 20.8 Å².